The Balaban J connectivity index is 2.03. The van der Waals surface area contributed by atoms with Gasteiger partial charge in [0.1, 0.15) is 5.82 Å². The molecule has 1 aromatic carbocycles. The Bertz CT molecular complexity index is 599. The number of carbonyl (C=O) groups is 2. The molecule has 8 heteroatoms. The summed E-state index contributed by atoms with van der Waals surface area (Å²) >= 11 is 5.80. The molecule has 1 heterocycles. The van der Waals surface area contributed by atoms with Gasteiger partial charge in [-0.25, -0.2) is 9.18 Å². The van der Waals surface area contributed by atoms with Crippen LogP contribution >= 0.6 is 11.6 Å². The highest BCUT2D eigenvalue weighted by Crippen LogP contribution is 2.26. The topological polar surface area (TPSA) is 70.7 Å². The molecule has 2 N–H and O–H groups in total. The molecule has 1 aliphatic heterocycles. The van der Waals surface area contributed by atoms with Crippen LogP contribution < -0.4 is 10.6 Å². The molecule has 2 rings (SSSR count). The number of rotatable bonds is 3. The van der Waals surface area contributed by atoms with Crippen molar-refractivity contribution in [3.05, 3.63) is 34.6 Å². The molecule has 1 saturated heterocycles. The van der Waals surface area contributed by atoms with E-state index in [1.165, 1.54) is 19.2 Å². The third-order valence-corrected chi connectivity index (χ3v) is 4.09. The van der Waals surface area contributed by atoms with Gasteiger partial charge in [-0.1, -0.05) is 17.7 Å². The highest BCUT2D eigenvalue weighted by atomic mass is 35.5. The van der Waals surface area contributed by atoms with Gasteiger partial charge in [0.2, 0.25) is 5.91 Å². The van der Waals surface area contributed by atoms with Gasteiger partial charge in [-0.2, -0.15) is 0 Å². The van der Waals surface area contributed by atoms with E-state index in [-0.39, 0.29) is 17.0 Å². The van der Waals surface area contributed by atoms with Crippen molar-refractivity contribution in [2.45, 2.75) is 19.1 Å². The summed E-state index contributed by atoms with van der Waals surface area (Å²) in [6.07, 6.45) is -0.308. The van der Waals surface area contributed by atoms with Crippen LogP contribution in [0.5, 0.6) is 0 Å². The lowest BCUT2D eigenvalue weighted by molar-refractivity contribution is -0.128. The fourth-order valence-corrected chi connectivity index (χ4v) is 2.57. The predicted octanol–water partition coefficient (Wildman–Crippen LogP) is 1.70. The first-order valence-corrected chi connectivity index (χ1v) is 7.63. The van der Waals surface area contributed by atoms with Crippen LogP contribution in [0.2, 0.25) is 5.02 Å². The van der Waals surface area contributed by atoms with E-state index in [9.17, 15) is 14.0 Å². The molecule has 1 aromatic rings. The maximum atomic E-state index is 13.3. The second-order valence-electron chi connectivity index (χ2n) is 5.27. The molecule has 1 aliphatic rings. The van der Waals surface area contributed by atoms with E-state index in [4.69, 9.17) is 16.3 Å². The number of ether oxygens (including phenoxy) is 1. The zero-order valence-corrected chi connectivity index (χ0v) is 13.7. The predicted molar refractivity (Wildman–Crippen MR) is 83.7 cm³/mol. The quantitative estimate of drug-likeness (QED) is 0.876. The number of hydrogen-bond acceptors (Lipinski definition) is 4. The molecule has 0 aliphatic carbocycles. The van der Waals surface area contributed by atoms with Gasteiger partial charge in [0, 0.05) is 20.1 Å². The lowest BCUT2D eigenvalue weighted by atomic mass is 10.1. The highest BCUT2D eigenvalue weighted by molar-refractivity contribution is 6.30. The van der Waals surface area contributed by atoms with Gasteiger partial charge in [0.15, 0.2) is 0 Å². The van der Waals surface area contributed by atoms with Crippen LogP contribution in [-0.4, -0.2) is 49.6 Å². The monoisotopic (exact) mass is 343 g/mol. The molecule has 0 saturated carbocycles. The van der Waals surface area contributed by atoms with Crippen molar-refractivity contribution in [1.29, 1.82) is 0 Å². The summed E-state index contributed by atoms with van der Waals surface area (Å²) in [5.74, 6) is -0.872. The Hall–Kier alpha value is -1.70. The van der Waals surface area contributed by atoms with Crippen LogP contribution in [0, 0.1) is 5.82 Å². The summed E-state index contributed by atoms with van der Waals surface area (Å²) in [6, 6.07) is 3.40. The Kier molecular flexibility index (Phi) is 5.92. The molecule has 1 fully saturated rings. The third-order valence-electron chi connectivity index (χ3n) is 3.80. The van der Waals surface area contributed by atoms with E-state index in [1.807, 2.05) is 4.90 Å². The third kappa shape index (κ3) is 4.40. The fourth-order valence-electron chi connectivity index (χ4n) is 2.38. The van der Waals surface area contributed by atoms with Crippen LogP contribution in [0.4, 0.5) is 9.18 Å². The van der Waals surface area contributed by atoms with Crippen molar-refractivity contribution in [3.8, 4) is 0 Å². The number of amides is 3. The number of urea groups is 1. The lowest BCUT2D eigenvalue weighted by Crippen LogP contribution is -2.52. The molecule has 0 radical (unpaired) electrons. The molecule has 0 spiro atoms. The van der Waals surface area contributed by atoms with Gasteiger partial charge in [0.05, 0.1) is 23.8 Å². The normalized spacial score (nSPS) is 19.9. The maximum Gasteiger partial charge on any atom is 0.321 e. The van der Waals surface area contributed by atoms with Crippen molar-refractivity contribution in [2.75, 3.05) is 26.7 Å². The lowest BCUT2D eigenvalue weighted by Gasteiger charge is -2.36. The summed E-state index contributed by atoms with van der Waals surface area (Å²) in [4.78, 5) is 25.2. The van der Waals surface area contributed by atoms with Gasteiger partial charge in [0.25, 0.3) is 0 Å². The van der Waals surface area contributed by atoms with E-state index in [1.54, 1.807) is 13.0 Å². The number of nitrogens with zero attached hydrogens (tertiary/aromatic N) is 1. The molecule has 2 atom stereocenters. The number of nitrogens with one attached hydrogen (secondary N) is 2. The van der Waals surface area contributed by atoms with E-state index in [0.717, 1.165) is 5.56 Å². The minimum atomic E-state index is -0.544. The summed E-state index contributed by atoms with van der Waals surface area (Å²) < 4.78 is 18.9. The van der Waals surface area contributed by atoms with E-state index >= 15 is 0 Å². The molecule has 3 amide bonds. The van der Waals surface area contributed by atoms with Crippen LogP contribution in [0.15, 0.2) is 18.2 Å². The SMILES string of the molecule is CNC(=O)NC(=O)C(C)N1CCOC(c2ccc(F)c(Cl)c2)C1. The van der Waals surface area contributed by atoms with E-state index in [0.29, 0.717) is 19.7 Å². The minimum Gasteiger partial charge on any atom is -0.371 e. The number of morpholine rings is 1. The molecule has 0 bridgehead atoms. The van der Waals surface area contributed by atoms with Crippen molar-refractivity contribution < 1.29 is 18.7 Å². The second-order valence-corrected chi connectivity index (χ2v) is 5.68. The number of halogens is 2. The van der Waals surface area contributed by atoms with Crippen molar-refractivity contribution in [2.24, 2.45) is 0 Å². The first-order valence-electron chi connectivity index (χ1n) is 7.25. The average molecular weight is 344 g/mol. The Morgan fingerprint density at radius 1 is 1.48 bits per heavy atom. The maximum absolute atomic E-state index is 13.3. The Labute approximate surface area is 138 Å². The molecular formula is C15H19ClFN3O3. The van der Waals surface area contributed by atoms with Crippen LogP contribution in [0.3, 0.4) is 0 Å². The molecule has 23 heavy (non-hydrogen) atoms. The summed E-state index contributed by atoms with van der Waals surface area (Å²) in [6.45, 7) is 3.16. The molecular weight excluding hydrogens is 325 g/mol. The van der Waals surface area contributed by atoms with E-state index in [2.05, 4.69) is 10.6 Å². The van der Waals surface area contributed by atoms with Gasteiger partial charge < -0.3 is 10.1 Å². The first kappa shape index (κ1) is 17.7. The molecule has 2 unspecified atom stereocenters. The number of hydrogen-bond donors (Lipinski definition) is 2. The van der Waals surface area contributed by atoms with Crippen LogP contribution in [0.25, 0.3) is 0 Å². The van der Waals surface area contributed by atoms with Crippen LogP contribution in [0.1, 0.15) is 18.6 Å². The number of benzene rings is 1. The average Bonchev–Trinajstić information content (AvgIpc) is 2.56. The molecule has 0 aromatic heterocycles. The van der Waals surface area contributed by atoms with Crippen molar-refractivity contribution in [3.63, 3.8) is 0 Å². The summed E-state index contributed by atoms with van der Waals surface area (Å²) in [5, 5.41) is 4.63. The van der Waals surface area contributed by atoms with Crippen molar-refractivity contribution >= 4 is 23.5 Å². The first-order chi connectivity index (χ1) is 10.9. The summed E-state index contributed by atoms with van der Waals surface area (Å²) in [5.41, 5.74) is 0.750. The summed E-state index contributed by atoms with van der Waals surface area (Å²) in [7, 11) is 1.44. The number of carbonyl (C=O) groups excluding carboxylic acids is 2. The standard InChI is InChI=1S/C15H19ClFN3O3/c1-9(14(21)19-15(22)18-2)20-5-6-23-13(8-20)10-3-4-12(17)11(16)7-10/h3-4,7,9,13H,5-6,8H2,1-2H3,(H2,18,19,21,22). The van der Waals surface area contributed by atoms with Gasteiger partial charge in [-0.3, -0.25) is 15.0 Å². The zero-order valence-electron chi connectivity index (χ0n) is 12.9. The van der Waals surface area contributed by atoms with E-state index < -0.39 is 17.9 Å². The molecule has 6 nitrogen and oxygen atoms in total. The molecule has 126 valence electrons. The number of imide groups is 1. The Morgan fingerprint density at radius 2 is 2.22 bits per heavy atom. The van der Waals surface area contributed by atoms with Gasteiger partial charge in [-0.05, 0) is 24.6 Å². The minimum absolute atomic E-state index is 0.0358. The smallest absolute Gasteiger partial charge is 0.321 e. The second kappa shape index (κ2) is 7.72. The zero-order chi connectivity index (χ0) is 17.0. The van der Waals surface area contributed by atoms with Gasteiger partial charge >= 0.3 is 6.03 Å². The highest BCUT2D eigenvalue weighted by Gasteiger charge is 2.29. The van der Waals surface area contributed by atoms with Gasteiger partial charge in [-0.15, -0.1) is 0 Å². The van der Waals surface area contributed by atoms with Crippen molar-refractivity contribution in [1.82, 2.24) is 15.5 Å². The fraction of sp³-hybridized carbons (Fsp3) is 0.467. The largest absolute Gasteiger partial charge is 0.371 e. The van der Waals surface area contributed by atoms with Crippen LogP contribution in [-0.2, 0) is 9.53 Å². The Morgan fingerprint density at radius 3 is 2.87 bits per heavy atom.